The quantitative estimate of drug-likeness (QED) is 0.0678. The molecule has 0 atom stereocenters. The minimum Gasteiger partial charge on any atom is -0.331 e. The third kappa shape index (κ3) is 8.56. The van der Waals surface area contributed by atoms with Crippen LogP contribution in [-0.4, -0.2) is 53.6 Å². The van der Waals surface area contributed by atoms with Gasteiger partial charge in [0, 0.05) is 17.5 Å². The smallest absolute Gasteiger partial charge is 0.151 e. The van der Waals surface area contributed by atoms with Gasteiger partial charge in [0.05, 0.1) is 11.4 Å². The van der Waals surface area contributed by atoms with Gasteiger partial charge in [-0.05, 0) is 78.3 Å². The van der Waals surface area contributed by atoms with E-state index in [1.165, 1.54) is 38.9 Å². The monoisotopic (exact) mass is 841 g/mol. The lowest BCUT2D eigenvalue weighted by Crippen LogP contribution is -2.28. The second-order valence-corrected chi connectivity index (χ2v) is 18.0. The van der Waals surface area contributed by atoms with Gasteiger partial charge in [-0.25, -0.2) is 0 Å². The van der Waals surface area contributed by atoms with Crippen LogP contribution in [0.2, 0.25) is 6.32 Å². The average molecular weight is 841 g/mol. The van der Waals surface area contributed by atoms with E-state index in [4.69, 9.17) is 12.8 Å². The van der Waals surface area contributed by atoms with Crippen LogP contribution in [0.4, 0.5) is 5.69 Å². The van der Waals surface area contributed by atoms with Crippen molar-refractivity contribution in [3.05, 3.63) is 231 Å². The molecule has 0 bridgehead atoms. The van der Waals surface area contributed by atoms with Gasteiger partial charge in [-0.1, -0.05) is 229 Å². The van der Waals surface area contributed by atoms with E-state index in [2.05, 4.69) is 240 Å². The predicted octanol–water partition coefficient (Wildman–Crippen LogP) is 8.53. The molecule has 66 heavy (non-hydrogen) atoms. The van der Waals surface area contributed by atoms with Crippen LogP contribution in [-0.2, 0) is 5.41 Å². The second-order valence-electron chi connectivity index (χ2n) is 18.0. The number of hydrogen-bond acceptors (Lipinski definition) is 1. The number of rotatable bonds is 12. The molecule has 0 fully saturated rings. The fourth-order valence-corrected chi connectivity index (χ4v) is 10.1. The van der Waals surface area contributed by atoms with Crippen molar-refractivity contribution in [1.82, 2.24) is 0 Å². The van der Waals surface area contributed by atoms with Crippen molar-refractivity contribution in [1.29, 1.82) is 0 Å². The van der Waals surface area contributed by atoms with E-state index in [9.17, 15) is 0 Å². The number of hydrogen-bond donors (Lipinski definition) is 0. The highest BCUT2D eigenvalue weighted by Crippen LogP contribution is 2.50. The van der Waals surface area contributed by atoms with Crippen LogP contribution in [0.15, 0.2) is 209 Å². The van der Waals surface area contributed by atoms with Gasteiger partial charge in [0.15, 0.2) is 7.85 Å². The fourth-order valence-electron chi connectivity index (χ4n) is 10.1. The zero-order valence-electron chi connectivity index (χ0n) is 39.8. The maximum atomic E-state index is 6.90. The largest absolute Gasteiger partial charge is 0.331 e. The van der Waals surface area contributed by atoms with Crippen LogP contribution < -0.4 is 4.90 Å². The molecule has 1 nitrogen and oxygen atoms in total. The number of allylic oxidation sites excluding steroid dienone is 7. The first-order valence-electron chi connectivity index (χ1n) is 23.1. The van der Waals surface area contributed by atoms with Crippen molar-refractivity contribution in [2.24, 2.45) is 0 Å². The lowest BCUT2D eigenvalue weighted by Gasteiger charge is -2.32. The molecule has 7 heteroatoms. The second kappa shape index (κ2) is 19.5. The van der Waals surface area contributed by atoms with Crippen LogP contribution in [0.1, 0.15) is 36.1 Å². The van der Waals surface area contributed by atoms with Gasteiger partial charge >= 0.3 is 0 Å². The lowest BCUT2D eigenvalue weighted by molar-refractivity contribution is 0.660. The summed E-state index contributed by atoms with van der Waals surface area (Å²) in [6.07, 6.45) is 13.9. The Labute approximate surface area is 399 Å². The molecule has 0 radical (unpaired) electrons. The Morgan fingerprint density at radius 2 is 1.06 bits per heavy atom. The Kier molecular flexibility index (Phi) is 13.4. The molecule has 0 heterocycles. The molecule has 8 rings (SSSR count). The third-order valence-corrected chi connectivity index (χ3v) is 13.8. The Morgan fingerprint density at radius 1 is 0.515 bits per heavy atom. The Hall–Kier alpha value is -7.19. The van der Waals surface area contributed by atoms with E-state index in [1.807, 2.05) is 13.9 Å². The van der Waals surface area contributed by atoms with Crippen LogP contribution in [0.3, 0.4) is 0 Å². The number of nitrogens with zero attached hydrogens (tertiary/aromatic N) is 1. The molecule has 1 aliphatic rings. The first kappa shape index (κ1) is 45.4. The maximum absolute atomic E-state index is 6.90. The van der Waals surface area contributed by atoms with Crippen molar-refractivity contribution in [2.75, 3.05) is 11.4 Å². The van der Waals surface area contributed by atoms with Crippen LogP contribution >= 0.6 is 0 Å². The summed E-state index contributed by atoms with van der Waals surface area (Å²) in [7, 11) is 13.2. The number of terminal acetylenes is 2. The molecule has 312 valence electrons. The average Bonchev–Trinajstić information content (AvgIpc) is 3.59. The zero-order valence-corrected chi connectivity index (χ0v) is 39.8. The standard InChI is InChI=1S/C59H53B6N/c1-5-50(61)54(40-25-14-9-15-26-40)57(64)51(62)37-66(52(6-2)58(65)56(63)47(36-60)41-33-34-45-44-28-18-19-31-48(44)59(3,4)49(45)35-41)53-32-20-30-43(39-23-12-8-13-24-39)55(53)46-29-17-16-27-42(46)38-21-10-7-11-22-38/h1-2,7-35H,36-37,60-65H2,3-4H3/b54-50+,56-47-,57-51-,58-52-. The van der Waals surface area contributed by atoms with Crippen LogP contribution in [0.5, 0.6) is 0 Å². The summed E-state index contributed by atoms with van der Waals surface area (Å²) in [5.41, 5.74) is 24.0. The summed E-state index contributed by atoms with van der Waals surface area (Å²) < 4.78 is 0. The normalized spacial score (nSPS) is 13.9. The van der Waals surface area contributed by atoms with E-state index in [0.717, 1.165) is 84.1 Å². The molecule has 0 saturated heterocycles. The third-order valence-electron chi connectivity index (χ3n) is 13.8. The summed E-state index contributed by atoms with van der Waals surface area (Å²) >= 11 is 0. The Bertz CT molecular complexity index is 3180. The molecule has 0 aliphatic heterocycles. The summed E-state index contributed by atoms with van der Waals surface area (Å²) in [6, 6.07) is 63.2. The van der Waals surface area contributed by atoms with Crippen LogP contribution in [0.25, 0.3) is 55.7 Å². The summed E-state index contributed by atoms with van der Waals surface area (Å²) in [6.45, 7) is 5.22. The highest BCUT2D eigenvalue weighted by atomic mass is 15.1. The van der Waals surface area contributed by atoms with Gasteiger partial charge in [-0.3, -0.25) is 0 Å². The molecule has 0 N–H and O–H groups in total. The first-order valence-corrected chi connectivity index (χ1v) is 23.1. The predicted molar refractivity (Wildman–Crippen MR) is 302 cm³/mol. The van der Waals surface area contributed by atoms with E-state index in [0.29, 0.717) is 6.54 Å². The molecule has 1 aliphatic carbocycles. The lowest BCUT2D eigenvalue weighted by atomic mass is 9.69. The summed E-state index contributed by atoms with van der Waals surface area (Å²) in [5.74, 6) is 6.28. The van der Waals surface area contributed by atoms with Gasteiger partial charge in [0.25, 0.3) is 0 Å². The number of anilines is 1. The fraction of sp³-hybridized carbons (Fsp3) is 0.0847. The number of fused-ring (bicyclic) bond motifs is 3. The van der Waals surface area contributed by atoms with Crippen molar-refractivity contribution in [3.8, 4) is 69.2 Å². The van der Waals surface area contributed by atoms with Crippen molar-refractivity contribution < 1.29 is 0 Å². The van der Waals surface area contributed by atoms with Crippen molar-refractivity contribution >= 4 is 63.9 Å². The molecule has 0 spiro atoms. The first-order chi connectivity index (χ1) is 32.0. The van der Waals surface area contributed by atoms with Gasteiger partial charge in [0.1, 0.15) is 39.2 Å². The topological polar surface area (TPSA) is 3.24 Å². The minimum atomic E-state index is -0.108. The Balaban J connectivity index is 1.40. The van der Waals surface area contributed by atoms with E-state index < -0.39 is 0 Å². The molecule has 0 unspecified atom stereocenters. The van der Waals surface area contributed by atoms with E-state index in [-0.39, 0.29) is 5.41 Å². The number of benzene rings is 7. The molecule has 0 aromatic heterocycles. The highest BCUT2D eigenvalue weighted by Gasteiger charge is 2.35. The van der Waals surface area contributed by atoms with E-state index in [1.54, 1.807) is 0 Å². The molecule has 7 aromatic carbocycles. The molecule has 0 saturated carbocycles. The van der Waals surface area contributed by atoms with E-state index >= 15 is 0 Å². The van der Waals surface area contributed by atoms with Gasteiger partial charge < -0.3 is 4.90 Å². The molecule has 0 amide bonds. The SMILES string of the molecule is BC/C(=C(B)\C(B)=C(/C#C)N(C/C(B)=C(B)\C(=C(\B)C#C)c1ccccc1)c1cccc(-c2ccccc2)c1-c1ccccc1-c1ccccc1)c1ccc2c(c1)C(C)(C)c1ccccc1-2. The molecule has 7 aromatic rings. The minimum absolute atomic E-state index is 0.108. The molecular weight excluding hydrogens is 788 g/mol. The Morgan fingerprint density at radius 3 is 1.68 bits per heavy atom. The van der Waals surface area contributed by atoms with Crippen LogP contribution in [0, 0.1) is 24.7 Å². The summed E-state index contributed by atoms with van der Waals surface area (Å²) in [4.78, 5) is 2.39. The van der Waals surface area contributed by atoms with Crippen molar-refractivity contribution in [2.45, 2.75) is 25.6 Å². The maximum Gasteiger partial charge on any atom is 0.151 e. The highest BCUT2D eigenvalue weighted by molar-refractivity contribution is 6.42. The van der Waals surface area contributed by atoms with Gasteiger partial charge in [0.2, 0.25) is 0 Å². The van der Waals surface area contributed by atoms with Gasteiger partial charge in [-0.2, -0.15) is 0 Å². The zero-order chi connectivity index (χ0) is 46.5. The van der Waals surface area contributed by atoms with Gasteiger partial charge in [-0.15, -0.1) is 12.8 Å². The van der Waals surface area contributed by atoms with Crippen molar-refractivity contribution in [3.63, 3.8) is 0 Å². The summed E-state index contributed by atoms with van der Waals surface area (Å²) in [5, 5.41) is 0. The molecular formula is C59H53B6N.